The largest absolute Gasteiger partial charge is 0.287 e. The van der Waals surface area contributed by atoms with Gasteiger partial charge >= 0.3 is 0 Å². The van der Waals surface area contributed by atoms with Gasteiger partial charge in [0.05, 0.1) is 6.20 Å². The minimum absolute atomic E-state index is 0.0217. The standard InChI is InChI=1S/C9H11N3O/c13-9(8-6-10-12-11-8)7-4-2-1-3-5-7/h4,6H,1-3,5H2,(H,10,11,12). The van der Waals surface area contributed by atoms with E-state index in [1.807, 2.05) is 6.08 Å². The van der Waals surface area contributed by atoms with E-state index >= 15 is 0 Å². The average Bonchev–Trinajstić information content (AvgIpc) is 2.71. The number of aromatic nitrogens is 3. The van der Waals surface area contributed by atoms with E-state index < -0.39 is 0 Å². The second-order valence-corrected chi connectivity index (χ2v) is 3.16. The summed E-state index contributed by atoms with van der Waals surface area (Å²) in [5.41, 5.74) is 1.31. The molecule has 4 nitrogen and oxygen atoms in total. The van der Waals surface area contributed by atoms with Crippen LogP contribution in [-0.4, -0.2) is 21.2 Å². The normalized spacial score (nSPS) is 16.8. The van der Waals surface area contributed by atoms with Crippen molar-refractivity contribution in [1.82, 2.24) is 15.4 Å². The lowest BCUT2D eigenvalue weighted by atomic mass is 9.95. The van der Waals surface area contributed by atoms with Crippen LogP contribution in [0.15, 0.2) is 17.8 Å². The van der Waals surface area contributed by atoms with Crippen molar-refractivity contribution in [2.24, 2.45) is 0 Å². The second kappa shape index (κ2) is 3.51. The second-order valence-electron chi connectivity index (χ2n) is 3.16. The zero-order chi connectivity index (χ0) is 9.10. The van der Waals surface area contributed by atoms with Crippen LogP contribution in [0.25, 0.3) is 0 Å². The van der Waals surface area contributed by atoms with Gasteiger partial charge in [-0.15, -0.1) is 0 Å². The fourth-order valence-electron chi connectivity index (χ4n) is 1.52. The van der Waals surface area contributed by atoms with Crippen LogP contribution in [0.1, 0.15) is 36.2 Å². The molecule has 0 saturated heterocycles. The van der Waals surface area contributed by atoms with Crippen LogP contribution in [0.4, 0.5) is 0 Å². The number of hydrogen-bond donors (Lipinski definition) is 1. The number of carbonyl (C=O) groups excluding carboxylic acids is 1. The Labute approximate surface area is 76.0 Å². The van der Waals surface area contributed by atoms with E-state index in [0.29, 0.717) is 5.69 Å². The number of aromatic amines is 1. The summed E-state index contributed by atoms with van der Waals surface area (Å²) in [4.78, 5) is 11.7. The predicted molar refractivity (Wildman–Crippen MR) is 47.3 cm³/mol. The van der Waals surface area contributed by atoms with Gasteiger partial charge in [0.15, 0.2) is 5.69 Å². The zero-order valence-corrected chi connectivity index (χ0v) is 7.29. The monoisotopic (exact) mass is 177 g/mol. The molecule has 0 aliphatic heterocycles. The first-order chi connectivity index (χ1) is 6.38. The first kappa shape index (κ1) is 8.16. The molecule has 0 amide bonds. The Morgan fingerprint density at radius 3 is 3.00 bits per heavy atom. The van der Waals surface area contributed by atoms with Crippen molar-refractivity contribution < 1.29 is 4.79 Å². The highest BCUT2D eigenvalue weighted by Gasteiger charge is 2.15. The van der Waals surface area contributed by atoms with Crippen LogP contribution in [0.5, 0.6) is 0 Å². The van der Waals surface area contributed by atoms with Crippen LogP contribution in [0, 0.1) is 0 Å². The summed E-state index contributed by atoms with van der Waals surface area (Å²) in [6, 6.07) is 0. The van der Waals surface area contributed by atoms with E-state index in [9.17, 15) is 4.79 Å². The number of Topliss-reactive ketones (excluding diaryl/α,β-unsaturated/α-hetero) is 1. The maximum atomic E-state index is 11.7. The number of allylic oxidation sites excluding steroid dienone is 2. The van der Waals surface area contributed by atoms with Crippen molar-refractivity contribution >= 4 is 5.78 Å². The molecule has 13 heavy (non-hydrogen) atoms. The van der Waals surface area contributed by atoms with Crippen LogP contribution < -0.4 is 0 Å². The summed E-state index contributed by atoms with van der Waals surface area (Å²) in [5.74, 6) is 0.0217. The summed E-state index contributed by atoms with van der Waals surface area (Å²) >= 11 is 0. The lowest BCUT2D eigenvalue weighted by Crippen LogP contribution is -2.06. The van der Waals surface area contributed by atoms with Crippen molar-refractivity contribution in [2.75, 3.05) is 0 Å². The summed E-state index contributed by atoms with van der Waals surface area (Å²) < 4.78 is 0. The molecule has 1 heterocycles. The number of hydrogen-bond acceptors (Lipinski definition) is 3. The van der Waals surface area contributed by atoms with Crippen molar-refractivity contribution in [3.8, 4) is 0 Å². The van der Waals surface area contributed by atoms with Gasteiger partial charge in [-0.1, -0.05) is 6.08 Å². The molecule has 1 aliphatic carbocycles. The minimum Gasteiger partial charge on any atom is -0.287 e. The summed E-state index contributed by atoms with van der Waals surface area (Å²) in [6.45, 7) is 0. The van der Waals surface area contributed by atoms with E-state index in [-0.39, 0.29) is 5.78 Å². The summed E-state index contributed by atoms with van der Waals surface area (Å²) in [7, 11) is 0. The van der Waals surface area contributed by atoms with Gasteiger partial charge in [0.1, 0.15) is 0 Å². The fraction of sp³-hybridized carbons (Fsp3) is 0.444. The van der Waals surface area contributed by atoms with Gasteiger partial charge in [-0.3, -0.25) is 4.79 Å². The molecule has 1 N–H and O–H groups in total. The Bertz CT molecular complexity index is 327. The van der Waals surface area contributed by atoms with E-state index in [0.717, 1.165) is 24.8 Å². The molecule has 0 radical (unpaired) electrons. The van der Waals surface area contributed by atoms with Gasteiger partial charge in [0, 0.05) is 0 Å². The molecule has 0 fully saturated rings. The van der Waals surface area contributed by atoms with Gasteiger partial charge in [0.25, 0.3) is 0 Å². The lowest BCUT2D eigenvalue weighted by molar-refractivity contribution is 0.102. The third kappa shape index (κ3) is 1.66. The number of carbonyl (C=O) groups is 1. The van der Waals surface area contributed by atoms with Crippen LogP contribution in [0.3, 0.4) is 0 Å². The molecule has 0 bridgehead atoms. The molecule has 68 valence electrons. The Morgan fingerprint density at radius 2 is 2.38 bits per heavy atom. The van der Waals surface area contributed by atoms with E-state index in [1.54, 1.807) is 0 Å². The molecule has 0 atom stereocenters. The zero-order valence-electron chi connectivity index (χ0n) is 7.29. The Hall–Kier alpha value is -1.45. The van der Waals surface area contributed by atoms with Crippen LogP contribution in [0.2, 0.25) is 0 Å². The molecule has 0 saturated carbocycles. The maximum Gasteiger partial charge on any atom is 0.210 e. The summed E-state index contributed by atoms with van der Waals surface area (Å²) in [6.07, 6.45) is 7.67. The molecular weight excluding hydrogens is 166 g/mol. The third-order valence-electron chi connectivity index (χ3n) is 2.23. The number of ketones is 1. The smallest absolute Gasteiger partial charge is 0.210 e. The molecule has 2 rings (SSSR count). The van der Waals surface area contributed by atoms with Gasteiger partial charge in [-0.25, -0.2) is 0 Å². The first-order valence-electron chi connectivity index (χ1n) is 4.47. The van der Waals surface area contributed by atoms with Gasteiger partial charge < -0.3 is 0 Å². The van der Waals surface area contributed by atoms with E-state index in [2.05, 4.69) is 15.4 Å². The maximum absolute atomic E-state index is 11.7. The SMILES string of the molecule is O=C(C1=CCCCC1)c1cn[nH]n1. The minimum atomic E-state index is 0.0217. The average molecular weight is 177 g/mol. The quantitative estimate of drug-likeness (QED) is 0.696. The van der Waals surface area contributed by atoms with Crippen LogP contribution >= 0.6 is 0 Å². The molecule has 1 aromatic rings. The van der Waals surface area contributed by atoms with E-state index in [1.165, 1.54) is 12.6 Å². The Kier molecular flexibility index (Phi) is 2.21. The molecule has 1 aliphatic rings. The molecular formula is C9H11N3O. The first-order valence-corrected chi connectivity index (χ1v) is 4.47. The molecule has 0 unspecified atom stereocenters. The van der Waals surface area contributed by atoms with Gasteiger partial charge in [0.2, 0.25) is 5.78 Å². The van der Waals surface area contributed by atoms with Crippen molar-refractivity contribution in [3.05, 3.63) is 23.5 Å². The Balaban J connectivity index is 2.17. The number of H-pyrrole nitrogens is 1. The van der Waals surface area contributed by atoms with Gasteiger partial charge in [-0.05, 0) is 31.3 Å². The molecule has 0 spiro atoms. The van der Waals surface area contributed by atoms with Crippen LogP contribution in [-0.2, 0) is 0 Å². The van der Waals surface area contributed by atoms with Crippen molar-refractivity contribution in [1.29, 1.82) is 0 Å². The highest BCUT2D eigenvalue weighted by atomic mass is 16.1. The summed E-state index contributed by atoms with van der Waals surface area (Å²) in [5, 5.41) is 9.82. The van der Waals surface area contributed by atoms with Crippen molar-refractivity contribution in [2.45, 2.75) is 25.7 Å². The number of rotatable bonds is 2. The third-order valence-corrected chi connectivity index (χ3v) is 2.23. The lowest BCUT2D eigenvalue weighted by Gasteiger charge is -2.09. The molecule has 1 aromatic heterocycles. The van der Waals surface area contributed by atoms with Crippen molar-refractivity contribution in [3.63, 3.8) is 0 Å². The Morgan fingerprint density at radius 1 is 1.46 bits per heavy atom. The topological polar surface area (TPSA) is 58.6 Å². The molecule has 4 heteroatoms. The van der Waals surface area contributed by atoms with E-state index in [4.69, 9.17) is 0 Å². The fourth-order valence-corrected chi connectivity index (χ4v) is 1.52. The highest BCUT2D eigenvalue weighted by molar-refractivity contribution is 6.07. The number of nitrogens with one attached hydrogen (secondary N) is 1. The highest BCUT2D eigenvalue weighted by Crippen LogP contribution is 2.19. The molecule has 0 aromatic carbocycles. The van der Waals surface area contributed by atoms with Gasteiger partial charge in [-0.2, -0.15) is 15.4 Å². The number of nitrogens with zero attached hydrogens (tertiary/aromatic N) is 2. The predicted octanol–water partition coefficient (Wildman–Crippen LogP) is 1.49.